The van der Waals surface area contributed by atoms with Crippen LogP contribution in [0.15, 0.2) is 23.4 Å². The van der Waals surface area contributed by atoms with Gasteiger partial charge in [-0.1, -0.05) is 6.08 Å². The predicted octanol–water partition coefficient (Wildman–Crippen LogP) is 0.0167. The molecule has 0 aromatic rings. The molecule has 3 nitrogen and oxygen atoms in total. The van der Waals surface area contributed by atoms with Crippen LogP contribution in [0.2, 0.25) is 0 Å². The molecule has 1 unspecified atom stereocenters. The molecule has 3 heteroatoms. The number of hydrazine groups is 1. The highest BCUT2D eigenvalue weighted by Crippen LogP contribution is 2.21. The molecule has 2 rings (SSSR count). The van der Waals surface area contributed by atoms with E-state index in [1.165, 1.54) is 0 Å². The molecule has 0 fully saturated rings. The number of hydrogen-bond donors (Lipinski definition) is 3. The van der Waals surface area contributed by atoms with Crippen LogP contribution in [-0.4, -0.2) is 11.3 Å². The molecule has 0 saturated heterocycles. The van der Waals surface area contributed by atoms with E-state index in [0.29, 0.717) is 0 Å². The third-order valence-electron chi connectivity index (χ3n) is 1.88. The summed E-state index contributed by atoms with van der Waals surface area (Å²) < 4.78 is 0. The maximum absolute atomic E-state index is 9.26. The van der Waals surface area contributed by atoms with E-state index >= 15 is 0 Å². The van der Waals surface area contributed by atoms with E-state index in [4.69, 9.17) is 0 Å². The van der Waals surface area contributed by atoms with Gasteiger partial charge in [-0.15, -0.1) is 0 Å². The molecule has 0 saturated carbocycles. The maximum atomic E-state index is 9.26. The lowest BCUT2D eigenvalue weighted by Crippen LogP contribution is -2.31. The van der Waals surface area contributed by atoms with E-state index < -0.39 is 6.23 Å². The quantitative estimate of drug-likeness (QED) is 0.442. The zero-order valence-corrected chi connectivity index (χ0v) is 5.59. The number of allylic oxidation sites excluding steroid dienone is 2. The van der Waals surface area contributed by atoms with Crippen molar-refractivity contribution in [1.82, 2.24) is 10.9 Å². The molecule has 1 atom stereocenters. The second kappa shape index (κ2) is 2.11. The van der Waals surface area contributed by atoms with Gasteiger partial charge in [-0.2, -0.15) is 0 Å². The monoisotopic (exact) mass is 138 g/mol. The minimum atomic E-state index is -0.472. The van der Waals surface area contributed by atoms with Crippen molar-refractivity contribution >= 4 is 0 Å². The molecular weight excluding hydrogens is 128 g/mol. The fourth-order valence-electron chi connectivity index (χ4n) is 1.32. The van der Waals surface area contributed by atoms with Crippen LogP contribution >= 0.6 is 0 Å². The molecule has 0 aromatic carbocycles. The number of nitrogens with one attached hydrogen (secondary N) is 2. The Morgan fingerprint density at radius 3 is 3.30 bits per heavy atom. The van der Waals surface area contributed by atoms with E-state index in [1.807, 2.05) is 6.08 Å². The minimum absolute atomic E-state index is 0.472. The van der Waals surface area contributed by atoms with Gasteiger partial charge in [0.25, 0.3) is 0 Å². The molecule has 3 N–H and O–H groups in total. The third kappa shape index (κ3) is 0.751. The van der Waals surface area contributed by atoms with Crippen molar-refractivity contribution in [2.24, 2.45) is 0 Å². The van der Waals surface area contributed by atoms with Gasteiger partial charge in [-0.25, -0.2) is 5.43 Å². The normalized spacial score (nSPS) is 30.3. The van der Waals surface area contributed by atoms with E-state index in [-0.39, 0.29) is 0 Å². The first kappa shape index (κ1) is 5.95. The summed E-state index contributed by atoms with van der Waals surface area (Å²) in [5.41, 5.74) is 7.77. The first-order valence-corrected chi connectivity index (χ1v) is 3.47. The van der Waals surface area contributed by atoms with Gasteiger partial charge in [0, 0.05) is 0 Å². The van der Waals surface area contributed by atoms with E-state index in [9.17, 15) is 5.11 Å². The lowest BCUT2D eigenvalue weighted by atomic mass is 10.0. The van der Waals surface area contributed by atoms with Crippen molar-refractivity contribution in [3.8, 4) is 0 Å². The fourth-order valence-corrected chi connectivity index (χ4v) is 1.32. The largest absolute Gasteiger partial charge is 0.373 e. The number of aliphatic hydroxyl groups excluding tert-OH is 1. The number of hydrogen-bond acceptors (Lipinski definition) is 3. The zero-order valence-electron chi connectivity index (χ0n) is 5.59. The fraction of sp³-hybridized carbons (Fsp3) is 0.429. The summed E-state index contributed by atoms with van der Waals surface area (Å²) >= 11 is 0. The van der Waals surface area contributed by atoms with Gasteiger partial charge in [-0.05, 0) is 24.5 Å². The molecule has 0 radical (unpaired) electrons. The van der Waals surface area contributed by atoms with Crippen molar-refractivity contribution in [3.05, 3.63) is 23.4 Å². The molecular formula is C7H10N2O. The van der Waals surface area contributed by atoms with Crippen LogP contribution < -0.4 is 10.9 Å². The van der Waals surface area contributed by atoms with E-state index in [0.717, 1.165) is 24.1 Å². The highest BCUT2D eigenvalue weighted by atomic mass is 16.3. The first-order chi connectivity index (χ1) is 4.88. The topological polar surface area (TPSA) is 44.3 Å². The molecule has 0 spiro atoms. The molecule has 10 heavy (non-hydrogen) atoms. The lowest BCUT2D eigenvalue weighted by molar-refractivity contribution is 0.172. The van der Waals surface area contributed by atoms with Gasteiger partial charge >= 0.3 is 0 Å². The summed E-state index contributed by atoms with van der Waals surface area (Å²) in [6, 6.07) is 0. The van der Waals surface area contributed by atoms with Crippen LogP contribution in [0.5, 0.6) is 0 Å². The Morgan fingerprint density at radius 1 is 1.60 bits per heavy atom. The van der Waals surface area contributed by atoms with E-state index in [2.05, 4.69) is 16.9 Å². The van der Waals surface area contributed by atoms with Crippen molar-refractivity contribution in [2.45, 2.75) is 19.1 Å². The van der Waals surface area contributed by atoms with Crippen molar-refractivity contribution in [2.75, 3.05) is 0 Å². The van der Waals surface area contributed by atoms with Gasteiger partial charge in [-0.3, -0.25) is 0 Å². The molecule has 2 aliphatic rings. The van der Waals surface area contributed by atoms with Crippen LogP contribution in [0.3, 0.4) is 0 Å². The Balaban J connectivity index is 2.29. The van der Waals surface area contributed by atoms with Crippen molar-refractivity contribution in [1.29, 1.82) is 0 Å². The number of rotatable bonds is 0. The molecule has 0 aromatic heterocycles. The van der Waals surface area contributed by atoms with Gasteiger partial charge < -0.3 is 10.5 Å². The standard InChI is InChI=1S/C7H10N2O/c10-7-5-3-1-2-4-6(5)8-9-7/h2,4,7-10H,1,3H2. The molecule has 1 aliphatic carbocycles. The van der Waals surface area contributed by atoms with Gasteiger partial charge in [0.2, 0.25) is 0 Å². The third-order valence-corrected chi connectivity index (χ3v) is 1.88. The van der Waals surface area contributed by atoms with E-state index in [1.54, 1.807) is 0 Å². The summed E-state index contributed by atoms with van der Waals surface area (Å²) in [6.07, 6.45) is 5.64. The Hall–Kier alpha value is -0.800. The van der Waals surface area contributed by atoms with Gasteiger partial charge in [0.05, 0.1) is 5.70 Å². The van der Waals surface area contributed by atoms with Crippen LogP contribution in [0.1, 0.15) is 12.8 Å². The average molecular weight is 138 g/mol. The second-order valence-corrected chi connectivity index (χ2v) is 2.55. The second-order valence-electron chi connectivity index (χ2n) is 2.55. The van der Waals surface area contributed by atoms with Crippen molar-refractivity contribution in [3.63, 3.8) is 0 Å². The van der Waals surface area contributed by atoms with Crippen molar-refractivity contribution < 1.29 is 5.11 Å². The summed E-state index contributed by atoms with van der Waals surface area (Å²) in [7, 11) is 0. The Labute approximate surface area is 59.4 Å². The smallest absolute Gasteiger partial charge is 0.145 e. The lowest BCUT2D eigenvalue weighted by Gasteiger charge is -2.07. The maximum Gasteiger partial charge on any atom is 0.145 e. The first-order valence-electron chi connectivity index (χ1n) is 3.47. The molecule has 0 bridgehead atoms. The van der Waals surface area contributed by atoms with Crippen LogP contribution in [0.25, 0.3) is 0 Å². The SMILES string of the molecule is OC1NNC2=C1CCC=C2. The van der Waals surface area contributed by atoms with Crippen LogP contribution in [0.4, 0.5) is 0 Å². The Morgan fingerprint density at radius 2 is 2.50 bits per heavy atom. The summed E-state index contributed by atoms with van der Waals surface area (Å²) in [5, 5.41) is 9.26. The zero-order chi connectivity index (χ0) is 6.97. The average Bonchev–Trinajstić information content (AvgIpc) is 2.34. The van der Waals surface area contributed by atoms with Crippen LogP contribution in [0, 0.1) is 0 Å². The molecule has 54 valence electrons. The highest BCUT2D eigenvalue weighted by Gasteiger charge is 2.21. The summed E-state index contributed by atoms with van der Waals surface area (Å²) in [4.78, 5) is 0. The van der Waals surface area contributed by atoms with Crippen LogP contribution in [-0.2, 0) is 0 Å². The van der Waals surface area contributed by atoms with Gasteiger partial charge in [0.1, 0.15) is 6.23 Å². The summed E-state index contributed by atoms with van der Waals surface area (Å²) in [6.45, 7) is 0. The summed E-state index contributed by atoms with van der Waals surface area (Å²) in [5.74, 6) is 0. The molecule has 0 amide bonds. The molecule has 1 heterocycles. The minimum Gasteiger partial charge on any atom is -0.373 e. The number of aliphatic hydroxyl groups is 1. The molecule has 1 aliphatic heterocycles. The predicted molar refractivity (Wildman–Crippen MR) is 37.7 cm³/mol. The Bertz CT molecular complexity index is 208. The van der Waals surface area contributed by atoms with Gasteiger partial charge in [0.15, 0.2) is 0 Å². The highest BCUT2D eigenvalue weighted by molar-refractivity contribution is 5.32. The Kier molecular flexibility index (Phi) is 1.25.